The van der Waals surface area contributed by atoms with Crippen molar-refractivity contribution < 1.29 is 28.6 Å². The van der Waals surface area contributed by atoms with Crippen molar-refractivity contribution >= 4 is 34.3 Å². The Labute approximate surface area is 202 Å². The number of para-hydroxylation sites is 1. The third kappa shape index (κ3) is 7.14. The highest BCUT2D eigenvalue weighted by Gasteiger charge is 2.25. The van der Waals surface area contributed by atoms with E-state index in [4.69, 9.17) is 14.2 Å². The van der Waals surface area contributed by atoms with E-state index in [9.17, 15) is 14.4 Å². The third-order valence-electron chi connectivity index (χ3n) is 4.64. The molecule has 178 valence electrons. The molecule has 0 atom stereocenters. The molecule has 0 spiro atoms. The molecule has 0 saturated heterocycles. The Morgan fingerprint density at radius 2 is 1.65 bits per heavy atom. The van der Waals surface area contributed by atoms with Crippen molar-refractivity contribution in [3.05, 3.63) is 76.8 Å². The van der Waals surface area contributed by atoms with Crippen LogP contribution in [-0.4, -0.2) is 42.7 Å². The van der Waals surface area contributed by atoms with Gasteiger partial charge in [-0.3, -0.25) is 14.5 Å². The molecule has 0 unspecified atom stereocenters. The average molecular weight is 483 g/mol. The highest BCUT2D eigenvalue weighted by molar-refractivity contribution is 7.17. The maximum absolute atomic E-state index is 13.0. The maximum Gasteiger partial charge on any atom is 0.350 e. The van der Waals surface area contributed by atoms with E-state index in [1.165, 1.54) is 4.90 Å². The van der Waals surface area contributed by atoms with Crippen LogP contribution >= 0.6 is 11.3 Å². The fourth-order valence-electron chi connectivity index (χ4n) is 2.97. The lowest BCUT2D eigenvalue weighted by Gasteiger charge is -2.20. The van der Waals surface area contributed by atoms with Crippen LogP contribution in [0.25, 0.3) is 0 Å². The Balaban J connectivity index is 1.64. The van der Waals surface area contributed by atoms with Crippen LogP contribution in [0.2, 0.25) is 0 Å². The molecule has 9 heteroatoms. The SMILES string of the molecule is CCOC(=O)c1sc(N(Cc2ccccc2)C(=O)COC(=O)CCOc2ccccc2)nc1C. The minimum atomic E-state index is -0.550. The average Bonchev–Trinajstić information content (AvgIpc) is 3.24. The zero-order chi connectivity index (χ0) is 24.3. The third-order valence-corrected chi connectivity index (χ3v) is 5.80. The Morgan fingerprint density at radius 1 is 0.971 bits per heavy atom. The topological polar surface area (TPSA) is 95.0 Å². The van der Waals surface area contributed by atoms with Crippen LogP contribution in [0.1, 0.15) is 34.3 Å². The highest BCUT2D eigenvalue weighted by Crippen LogP contribution is 2.28. The number of amides is 1. The van der Waals surface area contributed by atoms with Crippen LogP contribution in [0.4, 0.5) is 5.13 Å². The number of aryl methyl sites for hydroxylation is 1. The van der Waals surface area contributed by atoms with Crippen LogP contribution in [0.3, 0.4) is 0 Å². The van der Waals surface area contributed by atoms with Gasteiger partial charge in [0.2, 0.25) is 0 Å². The summed E-state index contributed by atoms with van der Waals surface area (Å²) in [4.78, 5) is 43.5. The number of ether oxygens (including phenoxy) is 3. The Morgan fingerprint density at radius 3 is 2.32 bits per heavy atom. The van der Waals surface area contributed by atoms with Gasteiger partial charge in [-0.15, -0.1) is 0 Å². The van der Waals surface area contributed by atoms with Crippen LogP contribution < -0.4 is 9.64 Å². The summed E-state index contributed by atoms with van der Waals surface area (Å²) in [6.07, 6.45) is 0.00419. The molecular formula is C25H26N2O6S. The molecule has 0 aliphatic carbocycles. The first-order chi connectivity index (χ1) is 16.5. The fourth-order valence-corrected chi connectivity index (χ4v) is 3.95. The van der Waals surface area contributed by atoms with Crippen molar-refractivity contribution in [1.29, 1.82) is 0 Å². The maximum atomic E-state index is 13.0. The lowest BCUT2D eigenvalue weighted by atomic mass is 10.2. The van der Waals surface area contributed by atoms with Gasteiger partial charge in [-0.2, -0.15) is 0 Å². The Bertz CT molecular complexity index is 1100. The van der Waals surface area contributed by atoms with E-state index in [2.05, 4.69) is 4.98 Å². The number of hydrogen-bond acceptors (Lipinski definition) is 8. The number of carbonyl (C=O) groups excluding carboxylic acids is 3. The molecule has 34 heavy (non-hydrogen) atoms. The molecule has 3 aromatic rings. The minimum absolute atomic E-state index is 0.00419. The van der Waals surface area contributed by atoms with Crippen LogP contribution in [0.15, 0.2) is 60.7 Å². The molecule has 0 aliphatic heterocycles. The van der Waals surface area contributed by atoms with Gasteiger partial charge in [-0.25, -0.2) is 9.78 Å². The van der Waals surface area contributed by atoms with Gasteiger partial charge in [0.05, 0.1) is 31.9 Å². The number of nitrogens with zero attached hydrogens (tertiary/aromatic N) is 2. The summed E-state index contributed by atoms with van der Waals surface area (Å²) in [6, 6.07) is 18.5. The van der Waals surface area contributed by atoms with Gasteiger partial charge in [0.25, 0.3) is 5.91 Å². The van der Waals surface area contributed by atoms with Gasteiger partial charge in [0, 0.05) is 0 Å². The van der Waals surface area contributed by atoms with Crippen molar-refractivity contribution in [3.63, 3.8) is 0 Å². The number of benzene rings is 2. The van der Waals surface area contributed by atoms with Gasteiger partial charge in [0.15, 0.2) is 11.7 Å². The predicted octanol–water partition coefficient (Wildman–Crippen LogP) is 4.17. The first kappa shape index (κ1) is 24.9. The van der Waals surface area contributed by atoms with E-state index in [-0.39, 0.29) is 26.2 Å². The van der Waals surface area contributed by atoms with Crippen molar-refractivity contribution in [2.75, 3.05) is 24.7 Å². The molecule has 0 N–H and O–H groups in total. The molecule has 1 aromatic heterocycles. The second kappa shape index (κ2) is 12.5. The van der Waals surface area contributed by atoms with E-state index >= 15 is 0 Å². The van der Waals surface area contributed by atoms with Crippen LogP contribution in [0.5, 0.6) is 5.75 Å². The standard InChI is InChI=1S/C25H26N2O6S/c1-3-31-24(30)23-18(2)26-25(34-23)27(16-19-10-6-4-7-11-19)21(28)17-33-22(29)14-15-32-20-12-8-5-9-13-20/h4-13H,3,14-17H2,1-2H3. The number of rotatable bonds is 11. The van der Waals surface area contributed by atoms with E-state index in [1.54, 1.807) is 26.0 Å². The normalized spacial score (nSPS) is 10.4. The molecule has 1 heterocycles. The fraction of sp³-hybridized carbons (Fsp3) is 0.280. The van der Waals surface area contributed by atoms with Crippen molar-refractivity contribution in [2.24, 2.45) is 0 Å². The van der Waals surface area contributed by atoms with Crippen LogP contribution in [-0.2, 0) is 25.6 Å². The second-order valence-electron chi connectivity index (χ2n) is 7.17. The lowest BCUT2D eigenvalue weighted by Crippen LogP contribution is -2.34. The first-order valence-corrected chi connectivity index (χ1v) is 11.6. The summed E-state index contributed by atoms with van der Waals surface area (Å²) in [7, 11) is 0. The van der Waals surface area contributed by atoms with Gasteiger partial charge in [0.1, 0.15) is 10.6 Å². The number of esters is 2. The molecular weight excluding hydrogens is 456 g/mol. The summed E-state index contributed by atoms with van der Waals surface area (Å²) < 4.78 is 15.7. The molecule has 0 aliphatic rings. The molecule has 0 fully saturated rings. The highest BCUT2D eigenvalue weighted by atomic mass is 32.1. The van der Waals surface area contributed by atoms with E-state index in [0.29, 0.717) is 21.5 Å². The summed E-state index contributed by atoms with van der Waals surface area (Å²) in [5, 5.41) is 0.331. The molecule has 1 amide bonds. The molecule has 0 saturated carbocycles. The smallest absolute Gasteiger partial charge is 0.350 e. The monoisotopic (exact) mass is 482 g/mol. The summed E-state index contributed by atoms with van der Waals surface area (Å²) in [5.74, 6) is -0.838. The summed E-state index contributed by atoms with van der Waals surface area (Å²) in [5.41, 5.74) is 1.34. The van der Waals surface area contributed by atoms with Gasteiger partial charge >= 0.3 is 11.9 Å². The first-order valence-electron chi connectivity index (χ1n) is 10.8. The number of aromatic nitrogens is 1. The van der Waals surface area contributed by atoms with Crippen molar-refractivity contribution in [3.8, 4) is 5.75 Å². The molecule has 0 radical (unpaired) electrons. The van der Waals surface area contributed by atoms with E-state index in [0.717, 1.165) is 16.9 Å². The zero-order valence-corrected chi connectivity index (χ0v) is 19.9. The molecule has 8 nitrogen and oxygen atoms in total. The van der Waals surface area contributed by atoms with E-state index in [1.807, 2.05) is 48.5 Å². The lowest BCUT2D eigenvalue weighted by molar-refractivity contribution is -0.148. The predicted molar refractivity (Wildman–Crippen MR) is 128 cm³/mol. The molecule has 0 bridgehead atoms. The van der Waals surface area contributed by atoms with Crippen LogP contribution in [0, 0.1) is 6.92 Å². The van der Waals surface area contributed by atoms with E-state index < -0.39 is 24.5 Å². The van der Waals surface area contributed by atoms with Gasteiger partial charge in [-0.1, -0.05) is 59.9 Å². The number of thiazole rings is 1. The van der Waals surface area contributed by atoms with Gasteiger partial charge < -0.3 is 14.2 Å². The molecule has 2 aromatic carbocycles. The number of hydrogen-bond donors (Lipinski definition) is 0. The van der Waals surface area contributed by atoms with Gasteiger partial charge in [-0.05, 0) is 31.5 Å². The largest absolute Gasteiger partial charge is 0.493 e. The zero-order valence-electron chi connectivity index (χ0n) is 19.1. The Kier molecular flexibility index (Phi) is 9.16. The minimum Gasteiger partial charge on any atom is -0.493 e. The van der Waals surface area contributed by atoms with Crippen molar-refractivity contribution in [2.45, 2.75) is 26.8 Å². The number of carbonyl (C=O) groups is 3. The number of anilines is 1. The quantitative estimate of drug-likeness (QED) is 0.379. The second-order valence-corrected chi connectivity index (χ2v) is 8.15. The Hall–Kier alpha value is -3.72. The summed E-state index contributed by atoms with van der Waals surface area (Å²) >= 11 is 1.07. The summed E-state index contributed by atoms with van der Waals surface area (Å²) in [6.45, 7) is 3.54. The van der Waals surface area contributed by atoms with Crippen molar-refractivity contribution in [1.82, 2.24) is 4.98 Å². The molecule has 3 rings (SSSR count).